The van der Waals surface area contributed by atoms with Crippen molar-refractivity contribution in [3.8, 4) is 34.2 Å². The van der Waals surface area contributed by atoms with E-state index in [1.54, 1.807) is 55.0 Å². The molecule has 0 aliphatic heterocycles. The molecule has 0 saturated heterocycles. The Bertz CT molecular complexity index is 2090. The molecule has 0 bridgehead atoms. The van der Waals surface area contributed by atoms with Crippen molar-refractivity contribution in [2.24, 2.45) is 0 Å². The number of hydrogen-bond acceptors (Lipinski definition) is 10. The molecule has 0 aliphatic carbocycles. The molecule has 270 valence electrons. The molecule has 0 atom stereocenters. The molecular weight excluding hydrogens is 832 g/mol. The summed E-state index contributed by atoms with van der Waals surface area (Å²) in [4.78, 5) is 33.5. The Morgan fingerprint density at radius 1 is 0.426 bits per heavy atom. The van der Waals surface area contributed by atoms with Crippen molar-refractivity contribution in [2.45, 2.75) is 0 Å². The molecule has 6 aromatic heterocycles. The van der Waals surface area contributed by atoms with Crippen LogP contribution in [0.3, 0.4) is 0 Å². The molecule has 54 heavy (non-hydrogen) atoms. The first-order chi connectivity index (χ1) is 25.5. The topological polar surface area (TPSA) is 205 Å². The maximum Gasteiger partial charge on any atom is 3.00 e. The minimum Gasteiger partial charge on any atom is -0.545 e. The van der Waals surface area contributed by atoms with E-state index < -0.39 is 19.1 Å². The Labute approximate surface area is 340 Å². The Morgan fingerprint density at radius 2 is 0.722 bits per heavy atom. The minimum atomic E-state index is -1.56. The molecule has 14 nitrogen and oxygen atoms in total. The van der Waals surface area contributed by atoms with Gasteiger partial charge in [0.15, 0.2) is 0 Å². The summed E-state index contributed by atoms with van der Waals surface area (Å²) < 4.78 is 5.69. The molecule has 8 rings (SSSR count). The van der Waals surface area contributed by atoms with Gasteiger partial charge in [0.2, 0.25) is 0 Å². The number of carbonyl (C=O) groups excluding carboxylic acids is 2. The first kappa shape index (κ1) is 40.5. The van der Waals surface area contributed by atoms with Crippen molar-refractivity contribution in [2.75, 3.05) is 0 Å². The van der Waals surface area contributed by atoms with E-state index in [-0.39, 0.29) is 55.2 Å². The molecule has 0 aliphatic rings. The van der Waals surface area contributed by atoms with Crippen molar-refractivity contribution in [3.63, 3.8) is 0 Å². The molecule has 0 saturated carbocycles. The second-order valence-electron chi connectivity index (χ2n) is 11.1. The minimum absolute atomic E-state index is 0. The van der Waals surface area contributed by atoms with E-state index in [0.717, 1.165) is 34.2 Å². The van der Waals surface area contributed by atoms with Gasteiger partial charge in [-0.3, -0.25) is 15.0 Å². The molecule has 2 aromatic carbocycles. The van der Waals surface area contributed by atoms with E-state index in [1.165, 1.54) is 24.3 Å². The third kappa shape index (κ3) is 10.7. The third-order valence-corrected chi connectivity index (χ3v) is 7.59. The van der Waals surface area contributed by atoms with Crippen molar-refractivity contribution in [1.29, 1.82) is 0 Å². The van der Waals surface area contributed by atoms with Gasteiger partial charge in [0.1, 0.15) is 17.1 Å². The Kier molecular flexibility index (Phi) is 15.1. The van der Waals surface area contributed by atoms with E-state index in [2.05, 4.69) is 15.0 Å². The number of aromatic carboxylic acids is 2. The number of hydrogen-bond donors (Lipinski definition) is 0. The summed E-state index contributed by atoms with van der Waals surface area (Å²) in [6, 6.07) is 39.3. The summed E-state index contributed by atoms with van der Waals surface area (Å²) in [7, 11) is -1.56. The zero-order chi connectivity index (χ0) is 36.1. The number of aromatic nitrogens is 9. The number of pyridine rings is 3. The standard InChI is InChI=1S/C24H19BN9.2C7H6O2.H2O.Tb/c1-4-13-26-19(7-1)22-10-16-32(29-22)25(33-17-11-23(30-33)20-8-2-5-14-27-20)34-18-12-24(31-34)21-9-3-6-15-28-21;2*8-7(9)6-4-2-1-3-5-6;;/h1-18,25H;2*1-5H,(H,8,9);1H2;/q-1;;;;+3/p-1. The van der Waals surface area contributed by atoms with Gasteiger partial charge >= 0.3 is 45.7 Å². The van der Waals surface area contributed by atoms with Crippen LogP contribution in [0.5, 0.6) is 0 Å². The summed E-state index contributed by atoms with van der Waals surface area (Å²) in [6.45, 7) is 0. The predicted octanol–water partition coefficient (Wildman–Crippen LogP) is 2.30. The van der Waals surface area contributed by atoms with Crippen molar-refractivity contribution < 1.29 is 63.9 Å². The van der Waals surface area contributed by atoms with Gasteiger partial charge in [0, 0.05) is 18.6 Å². The SMILES string of the molecule is O=C([O-])c1ccccc1.O=C([O-])c1ccccc1.[OH3+].[Tb+3].c1ccc(-c2ccn([BH-](n3ccc(-c4ccccn4)n3)n3ccc(-c4ccccn4)n3)n2)nc1. The normalized spacial score (nSPS) is 10.0. The molecule has 6 heterocycles. The van der Waals surface area contributed by atoms with Crippen molar-refractivity contribution in [1.82, 2.24) is 44.0 Å². The second kappa shape index (κ2) is 20.1. The van der Waals surface area contributed by atoms with Crippen molar-refractivity contribution >= 4 is 19.1 Å². The summed E-state index contributed by atoms with van der Waals surface area (Å²) >= 11 is 0. The fourth-order valence-electron chi connectivity index (χ4n) is 5.10. The van der Waals surface area contributed by atoms with Crippen LogP contribution >= 0.6 is 0 Å². The summed E-state index contributed by atoms with van der Waals surface area (Å²) in [5, 5.41) is 34.7. The van der Waals surface area contributed by atoms with Gasteiger partial charge in [-0.1, -0.05) is 78.9 Å². The van der Waals surface area contributed by atoms with E-state index in [9.17, 15) is 19.8 Å². The fourth-order valence-corrected chi connectivity index (χ4v) is 5.10. The number of nitrogens with zero attached hydrogens (tertiary/aromatic N) is 9. The molecule has 0 spiro atoms. The van der Waals surface area contributed by atoms with E-state index in [1.807, 2.05) is 105 Å². The van der Waals surface area contributed by atoms with Crippen LogP contribution in [-0.2, 0) is 5.48 Å². The van der Waals surface area contributed by atoms with Gasteiger partial charge in [-0.2, -0.15) is 0 Å². The van der Waals surface area contributed by atoms with Gasteiger partial charge in [0.05, 0.1) is 29.0 Å². The zero-order valence-corrected chi connectivity index (χ0v) is 30.6. The molecule has 0 amide bonds. The zero-order valence-electron chi connectivity index (χ0n) is 28.4. The van der Waals surface area contributed by atoms with Crippen LogP contribution in [0.4, 0.5) is 0 Å². The second-order valence-corrected chi connectivity index (χ2v) is 11.1. The van der Waals surface area contributed by atoms with Gasteiger partial charge < -0.3 is 39.1 Å². The summed E-state index contributed by atoms with van der Waals surface area (Å²) in [5.74, 6) is -2.26. The number of carboxylic acid groups (broad SMARTS) is 2. The number of benzene rings is 2. The average Bonchev–Trinajstić information content (AvgIpc) is 4.01. The largest absolute Gasteiger partial charge is 3.00 e. The van der Waals surface area contributed by atoms with E-state index in [0.29, 0.717) is 0 Å². The number of carboxylic acids is 2. The van der Waals surface area contributed by atoms with E-state index >= 15 is 0 Å². The Morgan fingerprint density at radius 3 is 0.963 bits per heavy atom. The maximum atomic E-state index is 10.1. The third-order valence-electron chi connectivity index (χ3n) is 7.59. The van der Waals surface area contributed by atoms with Crippen molar-refractivity contribution in [3.05, 3.63) is 182 Å². The molecule has 0 fully saturated rings. The van der Waals surface area contributed by atoms with Gasteiger partial charge in [-0.15, -0.1) is 0 Å². The molecule has 3 N–H and O–H groups in total. The van der Waals surface area contributed by atoms with Crippen LogP contribution < -0.4 is 10.2 Å². The first-order valence-corrected chi connectivity index (χ1v) is 16.1. The summed E-state index contributed by atoms with van der Waals surface area (Å²) in [5.41, 5.74) is 5.22. The molecule has 0 radical (unpaired) electrons. The van der Waals surface area contributed by atoms with Crippen LogP contribution in [-0.4, -0.2) is 63.1 Å². The Hall–Kier alpha value is -6.23. The van der Waals surface area contributed by atoms with Crippen LogP contribution in [0.1, 0.15) is 20.7 Å². The number of rotatable bonds is 8. The predicted molar refractivity (Wildman–Crippen MR) is 196 cm³/mol. The smallest absolute Gasteiger partial charge is 0.545 e. The van der Waals surface area contributed by atoms with Gasteiger partial charge in [0.25, 0.3) is 0 Å². The average molecular weight is 864 g/mol. The van der Waals surface area contributed by atoms with Crippen LogP contribution in [0.25, 0.3) is 34.2 Å². The van der Waals surface area contributed by atoms with Crippen LogP contribution in [0.2, 0.25) is 0 Å². The molecule has 8 aromatic rings. The summed E-state index contributed by atoms with van der Waals surface area (Å²) in [6.07, 6.45) is 11.1. The van der Waals surface area contributed by atoms with Gasteiger partial charge in [-0.05, 0) is 84.3 Å². The van der Waals surface area contributed by atoms with Crippen LogP contribution in [0, 0.1) is 38.6 Å². The maximum absolute atomic E-state index is 10.1. The molecule has 0 unspecified atom stereocenters. The molecule has 16 heteroatoms. The van der Waals surface area contributed by atoms with Crippen LogP contribution in [0.15, 0.2) is 171 Å². The van der Waals surface area contributed by atoms with E-state index in [4.69, 9.17) is 15.3 Å². The quantitative estimate of drug-likeness (QED) is 0.161. The molecular formula is C38H32BN9O5Tb+. The number of carbonyl (C=O) groups is 2. The monoisotopic (exact) mass is 864 g/mol. The Balaban J connectivity index is 0.000000268. The first-order valence-electron chi connectivity index (χ1n) is 16.1. The fraction of sp³-hybridized carbons (Fsp3) is 0. The van der Waals surface area contributed by atoms with Gasteiger partial charge in [-0.25, -0.2) is 15.3 Å².